The van der Waals surface area contributed by atoms with E-state index in [4.69, 9.17) is 9.15 Å². The van der Waals surface area contributed by atoms with Crippen molar-refractivity contribution in [1.29, 1.82) is 0 Å². The normalized spacial score (nSPS) is 19.3. The van der Waals surface area contributed by atoms with E-state index in [1.807, 2.05) is 24.4 Å². The first-order chi connectivity index (χ1) is 14.8. The van der Waals surface area contributed by atoms with Crippen molar-refractivity contribution in [1.82, 2.24) is 20.0 Å². The first-order valence-electron chi connectivity index (χ1n) is 10.6. The van der Waals surface area contributed by atoms with Crippen LogP contribution in [0, 0.1) is 5.92 Å². The molecule has 2 aliphatic rings. The van der Waals surface area contributed by atoms with E-state index < -0.39 is 0 Å². The fraction of sp³-hybridized carbons (Fsp3) is 0.435. The van der Waals surface area contributed by atoms with E-state index in [0.29, 0.717) is 12.2 Å². The summed E-state index contributed by atoms with van der Waals surface area (Å²) in [6, 6.07) is 8.10. The van der Waals surface area contributed by atoms with Crippen molar-refractivity contribution < 1.29 is 13.9 Å². The number of hydrazine groups is 1. The highest BCUT2D eigenvalue weighted by molar-refractivity contribution is 5.88. The van der Waals surface area contributed by atoms with Gasteiger partial charge in [0.1, 0.15) is 5.78 Å². The average Bonchev–Trinajstić information content (AvgIpc) is 3.34. The zero-order valence-electron chi connectivity index (χ0n) is 17.0. The number of piperidine rings is 1. The number of nitrogens with zero attached hydrogens (tertiary/aromatic N) is 4. The van der Waals surface area contributed by atoms with Crippen molar-refractivity contribution in [3.63, 3.8) is 0 Å². The lowest BCUT2D eigenvalue weighted by Gasteiger charge is -2.41. The number of aromatic nitrogens is 2. The molecule has 30 heavy (non-hydrogen) atoms. The second-order valence-electron chi connectivity index (χ2n) is 8.04. The van der Waals surface area contributed by atoms with Gasteiger partial charge in [0.25, 0.3) is 0 Å². The number of Topliss-reactive ketones (excluding diaryl/α,β-unsaturated/α-hetero) is 1. The first-order valence-corrected chi connectivity index (χ1v) is 10.6. The summed E-state index contributed by atoms with van der Waals surface area (Å²) in [5.41, 5.74) is 1.80. The molecule has 0 saturated carbocycles. The Hall–Kier alpha value is -2.61. The van der Waals surface area contributed by atoms with Gasteiger partial charge < -0.3 is 9.15 Å². The Labute approximate surface area is 175 Å². The van der Waals surface area contributed by atoms with E-state index in [-0.39, 0.29) is 5.92 Å². The van der Waals surface area contributed by atoms with Crippen molar-refractivity contribution in [3.8, 4) is 11.3 Å². The van der Waals surface area contributed by atoms with Gasteiger partial charge in [-0.3, -0.25) is 9.78 Å². The number of ether oxygens (including phenoxy) is 1. The van der Waals surface area contributed by atoms with Crippen LogP contribution in [0.15, 0.2) is 47.5 Å². The zero-order valence-corrected chi connectivity index (χ0v) is 17.0. The molecule has 0 atom stereocenters. The van der Waals surface area contributed by atoms with Gasteiger partial charge in [-0.2, -0.15) is 0 Å². The van der Waals surface area contributed by atoms with E-state index in [9.17, 15) is 4.79 Å². The Balaban J connectivity index is 1.23. The molecule has 2 saturated heterocycles. The molecule has 0 amide bonds. The van der Waals surface area contributed by atoms with Crippen LogP contribution in [-0.2, 0) is 16.0 Å². The summed E-state index contributed by atoms with van der Waals surface area (Å²) >= 11 is 0. The number of morpholine rings is 1. The van der Waals surface area contributed by atoms with Gasteiger partial charge >= 0.3 is 0 Å². The molecule has 5 rings (SSSR count). The molecule has 7 heteroatoms. The highest BCUT2D eigenvalue weighted by Gasteiger charge is 2.28. The van der Waals surface area contributed by atoms with E-state index in [1.165, 1.54) is 6.39 Å². The molecule has 2 aliphatic heterocycles. The molecule has 0 aliphatic carbocycles. The third-order valence-electron chi connectivity index (χ3n) is 6.16. The number of carbonyl (C=O) groups excluding carboxylic acids is 1. The van der Waals surface area contributed by atoms with Crippen LogP contribution in [-0.4, -0.2) is 65.2 Å². The van der Waals surface area contributed by atoms with Crippen molar-refractivity contribution in [3.05, 3.63) is 48.7 Å². The Morgan fingerprint density at radius 2 is 1.80 bits per heavy atom. The summed E-state index contributed by atoms with van der Waals surface area (Å²) in [5.74, 6) is 1.16. The molecule has 0 bridgehead atoms. The standard InChI is InChI=1S/C23H26N4O3/c28-22(17-3-5-26(6-4-17)27-7-9-29-10-8-27)13-21-12-20-11-18(23-15-24-16-30-23)1-2-19(20)14-25-21/h1-2,11-12,14-17H,3-10,13H2. The third kappa shape index (κ3) is 4.14. The summed E-state index contributed by atoms with van der Waals surface area (Å²) in [7, 11) is 0. The molecule has 1 aromatic carbocycles. The molecule has 0 radical (unpaired) electrons. The highest BCUT2D eigenvalue weighted by Crippen LogP contribution is 2.25. The third-order valence-corrected chi connectivity index (χ3v) is 6.16. The van der Waals surface area contributed by atoms with Crippen LogP contribution in [0.5, 0.6) is 0 Å². The van der Waals surface area contributed by atoms with Crippen molar-refractivity contribution in [2.24, 2.45) is 5.92 Å². The summed E-state index contributed by atoms with van der Waals surface area (Å²) in [4.78, 5) is 21.4. The Morgan fingerprint density at radius 3 is 2.57 bits per heavy atom. The molecular weight excluding hydrogens is 380 g/mol. The van der Waals surface area contributed by atoms with Gasteiger partial charge in [0.2, 0.25) is 0 Å². The lowest BCUT2D eigenvalue weighted by Crippen LogP contribution is -2.52. The van der Waals surface area contributed by atoms with Crippen LogP contribution in [0.25, 0.3) is 22.1 Å². The van der Waals surface area contributed by atoms with Crippen LogP contribution in [0.4, 0.5) is 0 Å². The Kier molecular flexibility index (Phi) is 5.57. The molecule has 2 aromatic heterocycles. The smallest absolute Gasteiger partial charge is 0.181 e. The van der Waals surface area contributed by atoms with Gasteiger partial charge in [-0.15, -0.1) is 0 Å². The predicted molar refractivity (Wildman–Crippen MR) is 113 cm³/mol. The van der Waals surface area contributed by atoms with Crippen molar-refractivity contribution in [2.45, 2.75) is 19.3 Å². The van der Waals surface area contributed by atoms with Crippen molar-refractivity contribution >= 4 is 16.6 Å². The topological polar surface area (TPSA) is 71.7 Å². The second kappa shape index (κ2) is 8.63. The molecule has 2 fully saturated rings. The minimum Gasteiger partial charge on any atom is -0.444 e. The quantitative estimate of drug-likeness (QED) is 0.645. The minimum absolute atomic E-state index is 0.125. The maximum atomic E-state index is 12.9. The number of ketones is 1. The fourth-order valence-electron chi connectivity index (χ4n) is 4.42. The van der Waals surface area contributed by atoms with Gasteiger partial charge in [-0.1, -0.05) is 12.1 Å². The monoisotopic (exact) mass is 406 g/mol. The first kappa shape index (κ1) is 19.4. The molecule has 0 N–H and O–H groups in total. The van der Waals surface area contributed by atoms with E-state index in [2.05, 4.69) is 26.1 Å². The molecule has 0 spiro atoms. The lowest BCUT2D eigenvalue weighted by molar-refractivity contribution is -0.130. The summed E-state index contributed by atoms with van der Waals surface area (Å²) in [6.45, 7) is 5.39. The highest BCUT2D eigenvalue weighted by atomic mass is 16.5. The van der Waals surface area contributed by atoms with E-state index in [0.717, 1.165) is 80.0 Å². The lowest BCUT2D eigenvalue weighted by atomic mass is 9.90. The molecular formula is C23H26N4O3. The van der Waals surface area contributed by atoms with Crippen molar-refractivity contribution in [2.75, 3.05) is 39.4 Å². The molecule has 4 heterocycles. The van der Waals surface area contributed by atoms with Crippen LogP contribution in [0.1, 0.15) is 18.5 Å². The molecule has 156 valence electrons. The minimum atomic E-state index is 0.125. The zero-order chi connectivity index (χ0) is 20.3. The van der Waals surface area contributed by atoms with Gasteiger partial charge in [-0.05, 0) is 30.4 Å². The Bertz CT molecular complexity index is 1010. The van der Waals surface area contributed by atoms with E-state index in [1.54, 1.807) is 6.20 Å². The van der Waals surface area contributed by atoms with Gasteiger partial charge in [0, 0.05) is 61.4 Å². The summed E-state index contributed by atoms with van der Waals surface area (Å²) < 4.78 is 10.8. The average molecular weight is 406 g/mol. The summed E-state index contributed by atoms with van der Waals surface area (Å²) in [6.07, 6.45) is 7.21. The van der Waals surface area contributed by atoms with Crippen LogP contribution in [0.3, 0.4) is 0 Å². The number of rotatable bonds is 5. The largest absolute Gasteiger partial charge is 0.444 e. The van der Waals surface area contributed by atoms with E-state index >= 15 is 0 Å². The SMILES string of the molecule is O=C(Cc1cc2cc(-c3cnco3)ccc2cn1)C1CCN(N2CCOCC2)CC1. The maximum Gasteiger partial charge on any atom is 0.181 e. The Morgan fingerprint density at radius 1 is 1.00 bits per heavy atom. The molecule has 3 aromatic rings. The van der Waals surface area contributed by atoms with Gasteiger partial charge in [0.05, 0.1) is 19.4 Å². The maximum absolute atomic E-state index is 12.9. The van der Waals surface area contributed by atoms with Crippen LogP contribution < -0.4 is 0 Å². The van der Waals surface area contributed by atoms with Gasteiger partial charge in [-0.25, -0.2) is 15.0 Å². The summed E-state index contributed by atoms with van der Waals surface area (Å²) in [5, 5.41) is 6.88. The number of benzene rings is 1. The number of hydrogen-bond acceptors (Lipinski definition) is 7. The predicted octanol–water partition coefficient (Wildman–Crippen LogP) is 2.96. The number of pyridine rings is 1. The fourth-order valence-corrected chi connectivity index (χ4v) is 4.42. The number of hydrogen-bond donors (Lipinski definition) is 0. The number of oxazole rings is 1. The molecule has 0 unspecified atom stereocenters. The van der Waals surface area contributed by atoms with Gasteiger partial charge in [0.15, 0.2) is 12.2 Å². The van der Waals surface area contributed by atoms with Crippen LogP contribution >= 0.6 is 0 Å². The molecule has 7 nitrogen and oxygen atoms in total. The second-order valence-corrected chi connectivity index (χ2v) is 8.04. The van der Waals surface area contributed by atoms with Crippen LogP contribution in [0.2, 0.25) is 0 Å². The number of fused-ring (bicyclic) bond motifs is 1. The number of carbonyl (C=O) groups is 1.